The van der Waals surface area contributed by atoms with Gasteiger partial charge < -0.3 is 24.4 Å². The molecule has 1 atom stereocenters. The molecule has 0 aliphatic carbocycles. The lowest BCUT2D eigenvalue weighted by Gasteiger charge is -2.21. The van der Waals surface area contributed by atoms with E-state index < -0.39 is 0 Å². The van der Waals surface area contributed by atoms with Crippen LogP contribution in [0.3, 0.4) is 0 Å². The fraction of sp³-hybridized carbons (Fsp3) is 0.632. The molecule has 0 radical (unpaired) electrons. The van der Waals surface area contributed by atoms with E-state index in [1.54, 1.807) is 14.2 Å². The maximum atomic E-state index is 5.67. The highest BCUT2D eigenvalue weighted by Crippen LogP contribution is 2.17. The van der Waals surface area contributed by atoms with E-state index in [-0.39, 0.29) is 24.0 Å². The molecule has 1 aliphatic heterocycles. The number of rotatable bonds is 9. The summed E-state index contributed by atoms with van der Waals surface area (Å²) in [5.74, 6) is 2.43. The summed E-state index contributed by atoms with van der Waals surface area (Å²) >= 11 is 0. The number of ether oxygens (including phenoxy) is 3. The molecular formula is C19H32IN3O3. The third-order valence-electron chi connectivity index (χ3n) is 4.19. The highest BCUT2D eigenvalue weighted by molar-refractivity contribution is 14.0. The summed E-state index contributed by atoms with van der Waals surface area (Å²) in [6, 6.07) is 8.09. The summed E-state index contributed by atoms with van der Waals surface area (Å²) in [6.07, 6.45) is 1.15. The summed E-state index contributed by atoms with van der Waals surface area (Å²) in [7, 11) is 3.44. The van der Waals surface area contributed by atoms with E-state index in [9.17, 15) is 0 Å². The molecule has 1 N–H and O–H groups in total. The average molecular weight is 477 g/mol. The van der Waals surface area contributed by atoms with Crippen LogP contribution in [0.15, 0.2) is 29.3 Å². The molecule has 7 heteroatoms. The number of hydrogen-bond acceptors (Lipinski definition) is 4. The molecule has 148 valence electrons. The molecule has 0 amide bonds. The molecule has 26 heavy (non-hydrogen) atoms. The Labute approximate surface area is 174 Å². The van der Waals surface area contributed by atoms with Gasteiger partial charge in [-0.25, -0.2) is 4.99 Å². The Morgan fingerprint density at radius 1 is 1.27 bits per heavy atom. The molecular weight excluding hydrogens is 445 g/mol. The molecule has 1 unspecified atom stereocenters. The summed E-state index contributed by atoms with van der Waals surface area (Å²) in [4.78, 5) is 7.13. The molecule has 1 saturated heterocycles. The van der Waals surface area contributed by atoms with Gasteiger partial charge in [-0.15, -0.1) is 24.0 Å². The first kappa shape index (κ1) is 23.0. The third kappa shape index (κ3) is 7.67. The lowest BCUT2D eigenvalue weighted by molar-refractivity contribution is 0.146. The lowest BCUT2D eigenvalue weighted by Crippen LogP contribution is -2.40. The second-order valence-corrected chi connectivity index (χ2v) is 6.21. The number of aliphatic imine (C=N–C) groups is 1. The number of guanidine groups is 1. The Hall–Kier alpha value is -1.06. The number of nitrogens with zero attached hydrogens (tertiary/aromatic N) is 2. The molecule has 1 aromatic carbocycles. The van der Waals surface area contributed by atoms with E-state index >= 15 is 0 Å². The summed E-state index contributed by atoms with van der Waals surface area (Å²) in [5, 5.41) is 3.40. The van der Waals surface area contributed by atoms with Crippen LogP contribution in [0.2, 0.25) is 0 Å². The normalized spacial score (nSPS) is 17.1. The molecule has 1 heterocycles. The molecule has 0 aromatic heterocycles. The largest absolute Gasteiger partial charge is 0.491 e. The number of methoxy groups -OCH3 is 2. The smallest absolute Gasteiger partial charge is 0.194 e. The minimum absolute atomic E-state index is 0. The van der Waals surface area contributed by atoms with Crippen LogP contribution in [0.5, 0.6) is 5.75 Å². The van der Waals surface area contributed by atoms with Gasteiger partial charge in [0.25, 0.3) is 0 Å². The SMILES string of the molecule is CCNC(=NCc1cccc(OCCOC)c1)N1CCC(COC)C1.I. The quantitative estimate of drug-likeness (QED) is 0.257. The van der Waals surface area contributed by atoms with E-state index in [2.05, 4.69) is 23.2 Å². The number of hydrogen-bond donors (Lipinski definition) is 1. The van der Waals surface area contributed by atoms with Crippen LogP contribution in [-0.2, 0) is 16.0 Å². The fourth-order valence-corrected chi connectivity index (χ4v) is 2.97. The second-order valence-electron chi connectivity index (χ2n) is 6.21. The van der Waals surface area contributed by atoms with Crippen molar-refractivity contribution in [2.45, 2.75) is 19.9 Å². The predicted octanol–water partition coefficient (Wildman–Crippen LogP) is 2.76. The van der Waals surface area contributed by atoms with Gasteiger partial charge in [-0.2, -0.15) is 0 Å². The van der Waals surface area contributed by atoms with Crippen LogP contribution in [0.4, 0.5) is 0 Å². The first-order valence-corrected chi connectivity index (χ1v) is 8.99. The Kier molecular flexibility index (Phi) is 11.6. The topological polar surface area (TPSA) is 55.3 Å². The zero-order chi connectivity index (χ0) is 17.9. The van der Waals surface area contributed by atoms with Gasteiger partial charge in [0.05, 0.1) is 19.8 Å². The van der Waals surface area contributed by atoms with Gasteiger partial charge in [0.2, 0.25) is 0 Å². The van der Waals surface area contributed by atoms with Crippen LogP contribution < -0.4 is 10.1 Å². The van der Waals surface area contributed by atoms with Gasteiger partial charge in [-0.05, 0) is 31.0 Å². The number of likely N-dealkylation sites (tertiary alicyclic amines) is 1. The van der Waals surface area contributed by atoms with E-state index in [1.807, 2.05) is 18.2 Å². The van der Waals surface area contributed by atoms with Crippen molar-refractivity contribution in [2.24, 2.45) is 10.9 Å². The van der Waals surface area contributed by atoms with Gasteiger partial charge in [-0.3, -0.25) is 0 Å². The first-order valence-electron chi connectivity index (χ1n) is 8.99. The van der Waals surface area contributed by atoms with E-state index in [0.717, 1.165) is 49.9 Å². The average Bonchev–Trinajstić information content (AvgIpc) is 3.08. The molecule has 6 nitrogen and oxygen atoms in total. The highest BCUT2D eigenvalue weighted by Gasteiger charge is 2.24. The van der Waals surface area contributed by atoms with Crippen molar-refractivity contribution >= 4 is 29.9 Å². The number of nitrogens with one attached hydrogen (secondary N) is 1. The van der Waals surface area contributed by atoms with Crippen molar-refractivity contribution in [2.75, 3.05) is 53.7 Å². The standard InChI is InChI=1S/C19H31N3O3.HI/c1-4-20-19(22-9-8-17(14-22)15-24-3)21-13-16-6-5-7-18(12-16)25-11-10-23-2;/h5-7,12,17H,4,8-11,13-15H2,1-3H3,(H,20,21);1H. The molecule has 1 aliphatic rings. The predicted molar refractivity (Wildman–Crippen MR) is 116 cm³/mol. The van der Waals surface area contributed by atoms with Crippen molar-refractivity contribution in [1.29, 1.82) is 0 Å². The van der Waals surface area contributed by atoms with E-state index in [0.29, 0.717) is 25.7 Å². The zero-order valence-corrected chi connectivity index (χ0v) is 18.4. The van der Waals surface area contributed by atoms with Gasteiger partial charge in [0.15, 0.2) is 5.96 Å². The van der Waals surface area contributed by atoms with Crippen molar-refractivity contribution in [3.8, 4) is 5.75 Å². The Balaban J connectivity index is 0.00000338. The molecule has 0 spiro atoms. The van der Waals surface area contributed by atoms with Gasteiger partial charge in [0, 0.05) is 39.8 Å². The molecule has 1 aromatic rings. The Morgan fingerprint density at radius 3 is 2.85 bits per heavy atom. The minimum Gasteiger partial charge on any atom is -0.491 e. The maximum Gasteiger partial charge on any atom is 0.194 e. The molecule has 2 rings (SSSR count). The van der Waals surface area contributed by atoms with Gasteiger partial charge >= 0.3 is 0 Å². The van der Waals surface area contributed by atoms with Crippen molar-refractivity contribution in [3.05, 3.63) is 29.8 Å². The van der Waals surface area contributed by atoms with Crippen LogP contribution in [0.1, 0.15) is 18.9 Å². The minimum atomic E-state index is 0. The third-order valence-corrected chi connectivity index (χ3v) is 4.19. The Bertz CT molecular complexity index is 543. The fourth-order valence-electron chi connectivity index (χ4n) is 2.97. The van der Waals surface area contributed by atoms with Gasteiger partial charge in [0.1, 0.15) is 12.4 Å². The van der Waals surface area contributed by atoms with Crippen LogP contribution in [-0.4, -0.2) is 64.5 Å². The second kappa shape index (κ2) is 13.2. The molecule has 1 fully saturated rings. The monoisotopic (exact) mass is 477 g/mol. The van der Waals surface area contributed by atoms with Crippen LogP contribution in [0.25, 0.3) is 0 Å². The number of halogens is 1. The summed E-state index contributed by atoms with van der Waals surface area (Å²) in [5.41, 5.74) is 1.14. The zero-order valence-electron chi connectivity index (χ0n) is 16.1. The van der Waals surface area contributed by atoms with Gasteiger partial charge in [-0.1, -0.05) is 12.1 Å². The number of benzene rings is 1. The van der Waals surface area contributed by atoms with Crippen molar-refractivity contribution < 1.29 is 14.2 Å². The Morgan fingerprint density at radius 2 is 2.12 bits per heavy atom. The highest BCUT2D eigenvalue weighted by atomic mass is 127. The molecule has 0 bridgehead atoms. The van der Waals surface area contributed by atoms with E-state index in [1.165, 1.54) is 0 Å². The van der Waals surface area contributed by atoms with E-state index in [4.69, 9.17) is 19.2 Å². The van der Waals surface area contributed by atoms with Crippen molar-refractivity contribution in [1.82, 2.24) is 10.2 Å². The van der Waals surface area contributed by atoms with Crippen molar-refractivity contribution in [3.63, 3.8) is 0 Å². The van der Waals surface area contributed by atoms with Crippen LogP contribution >= 0.6 is 24.0 Å². The van der Waals surface area contributed by atoms with Crippen LogP contribution in [0, 0.1) is 5.92 Å². The summed E-state index contributed by atoms with van der Waals surface area (Å²) in [6.45, 7) is 7.59. The lowest BCUT2D eigenvalue weighted by atomic mass is 10.1. The molecule has 0 saturated carbocycles. The maximum absolute atomic E-state index is 5.67. The first-order chi connectivity index (χ1) is 12.3. The summed E-state index contributed by atoms with van der Waals surface area (Å²) < 4.78 is 16.0.